The normalized spacial score (nSPS) is 13.7. The van der Waals surface area contributed by atoms with Gasteiger partial charge in [-0.15, -0.1) is 0 Å². The van der Waals surface area contributed by atoms with Crippen LogP contribution >= 0.6 is 0 Å². The van der Waals surface area contributed by atoms with E-state index in [1.165, 1.54) is 0 Å². The van der Waals surface area contributed by atoms with E-state index in [0.29, 0.717) is 5.56 Å². The van der Waals surface area contributed by atoms with Gasteiger partial charge in [0, 0.05) is 17.3 Å². The van der Waals surface area contributed by atoms with Gasteiger partial charge in [0.25, 0.3) is 5.91 Å². The van der Waals surface area contributed by atoms with Crippen molar-refractivity contribution in [1.82, 2.24) is 10.4 Å². The van der Waals surface area contributed by atoms with Gasteiger partial charge in [-0.05, 0) is 48.6 Å². The lowest BCUT2D eigenvalue weighted by atomic mass is 10.0. The number of pyridine rings is 1. The Labute approximate surface area is 175 Å². The first-order valence-electron chi connectivity index (χ1n) is 10.2. The van der Waals surface area contributed by atoms with E-state index in [9.17, 15) is 4.79 Å². The summed E-state index contributed by atoms with van der Waals surface area (Å²) in [4.78, 5) is 17.5. The highest BCUT2D eigenvalue weighted by atomic mass is 16.7. The first-order chi connectivity index (χ1) is 14.6. The molecule has 0 unspecified atom stereocenters. The maximum atomic E-state index is 12.8. The third-order valence-corrected chi connectivity index (χ3v) is 5.01. The minimum atomic E-state index is -0.225. The molecule has 0 bridgehead atoms. The van der Waals surface area contributed by atoms with Gasteiger partial charge in [0.05, 0.1) is 11.1 Å². The third kappa shape index (κ3) is 4.43. The van der Waals surface area contributed by atoms with E-state index in [4.69, 9.17) is 9.47 Å². The molecule has 1 atom stereocenters. The minimum Gasteiger partial charge on any atom is -0.454 e. The number of nitrogens with one attached hydrogen (secondary N) is 1. The molecule has 1 aliphatic heterocycles. The average molecular weight is 403 g/mol. The second-order valence-electron chi connectivity index (χ2n) is 7.52. The number of nitrogens with zero attached hydrogens (tertiary/aromatic N) is 2. The summed E-state index contributed by atoms with van der Waals surface area (Å²) in [5.41, 5.74) is 6.16. The highest BCUT2D eigenvalue weighted by Crippen LogP contribution is 2.33. The average Bonchev–Trinajstić information content (AvgIpc) is 3.21. The molecule has 30 heavy (non-hydrogen) atoms. The van der Waals surface area contributed by atoms with Crippen molar-refractivity contribution in [2.45, 2.75) is 33.1 Å². The summed E-state index contributed by atoms with van der Waals surface area (Å²) in [5.74, 6) is 1.48. The number of para-hydroxylation sites is 1. The first-order valence-corrected chi connectivity index (χ1v) is 10.2. The number of aromatic nitrogens is 1. The molecule has 1 N–H and O–H groups in total. The SMILES string of the molecule is CCCc1cc(C(=O)N/N=C\[C@H](C)Cc2ccc3c(c2)OCO3)c2ccccc2n1. The number of carbonyl (C=O) groups is 1. The van der Waals surface area contributed by atoms with E-state index in [1.807, 2.05) is 48.5 Å². The zero-order chi connectivity index (χ0) is 20.9. The van der Waals surface area contributed by atoms with Crippen LogP contribution in [0.5, 0.6) is 11.5 Å². The van der Waals surface area contributed by atoms with Crippen molar-refractivity contribution < 1.29 is 14.3 Å². The fraction of sp³-hybridized carbons (Fsp3) is 0.292. The predicted molar refractivity (Wildman–Crippen MR) is 117 cm³/mol. The van der Waals surface area contributed by atoms with Crippen LogP contribution < -0.4 is 14.9 Å². The summed E-state index contributed by atoms with van der Waals surface area (Å²) >= 11 is 0. The summed E-state index contributed by atoms with van der Waals surface area (Å²) in [6, 6.07) is 15.5. The van der Waals surface area contributed by atoms with Crippen LogP contribution in [0.2, 0.25) is 0 Å². The summed E-state index contributed by atoms with van der Waals surface area (Å²) in [7, 11) is 0. The number of hydrogen-bond acceptors (Lipinski definition) is 5. The molecule has 6 nitrogen and oxygen atoms in total. The van der Waals surface area contributed by atoms with Gasteiger partial charge in [-0.3, -0.25) is 9.78 Å². The summed E-state index contributed by atoms with van der Waals surface area (Å²) in [6.07, 6.45) is 4.36. The van der Waals surface area contributed by atoms with Crippen LogP contribution in [0.15, 0.2) is 53.6 Å². The van der Waals surface area contributed by atoms with Gasteiger partial charge in [-0.25, -0.2) is 5.43 Å². The number of carbonyl (C=O) groups excluding carboxylic acids is 1. The number of hydrogen-bond donors (Lipinski definition) is 1. The van der Waals surface area contributed by atoms with Crippen LogP contribution in [-0.4, -0.2) is 23.9 Å². The van der Waals surface area contributed by atoms with Gasteiger partial charge in [0.15, 0.2) is 11.5 Å². The van der Waals surface area contributed by atoms with E-state index in [1.54, 1.807) is 6.21 Å². The Hall–Kier alpha value is -3.41. The predicted octanol–water partition coefficient (Wildman–Crippen LogP) is 4.51. The number of aryl methyl sites for hydroxylation is 1. The Morgan fingerprint density at radius 1 is 1.20 bits per heavy atom. The standard InChI is InChI=1S/C24H25N3O3/c1-3-6-18-13-20(19-7-4-5-8-21(19)26-18)24(28)27-25-14-16(2)11-17-9-10-22-23(12-17)30-15-29-22/h4-5,7-10,12-14,16H,3,6,11,15H2,1-2H3,(H,27,28)/b25-14-/t16-/m1/s1. The second kappa shape index (κ2) is 8.95. The molecule has 3 aromatic rings. The van der Waals surface area contributed by atoms with Crippen molar-refractivity contribution >= 4 is 23.0 Å². The Morgan fingerprint density at radius 3 is 2.90 bits per heavy atom. The molecule has 1 aromatic heterocycles. The topological polar surface area (TPSA) is 72.8 Å². The molecular formula is C24H25N3O3. The lowest BCUT2D eigenvalue weighted by molar-refractivity contribution is 0.0956. The number of rotatable bonds is 7. The number of benzene rings is 2. The summed E-state index contributed by atoms with van der Waals surface area (Å²) in [5, 5.41) is 5.03. The molecule has 1 aliphatic rings. The number of ether oxygens (including phenoxy) is 2. The molecular weight excluding hydrogens is 378 g/mol. The maximum absolute atomic E-state index is 12.8. The van der Waals surface area contributed by atoms with E-state index in [0.717, 1.165) is 52.9 Å². The van der Waals surface area contributed by atoms with Crippen LogP contribution in [0.25, 0.3) is 10.9 Å². The van der Waals surface area contributed by atoms with E-state index in [2.05, 4.69) is 29.4 Å². The monoisotopic (exact) mass is 403 g/mol. The van der Waals surface area contributed by atoms with E-state index < -0.39 is 0 Å². The molecule has 0 aliphatic carbocycles. The van der Waals surface area contributed by atoms with E-state index >= 15 is 0 Å². The van der Waals surface area contributed by atoms with Crippen LogP contribution in [0.4, 0.5) is 0 Å². The molecule has 2 aromatic carbocycles. The molecule has 4 rings (SSSR count). The number of hydrazone groups is 1. The maximum Gasteiger partial charge on any atom is 0.272 e. The van der Waals surface area contributed by atoms with Crippen LogP contribution in [0.3, 0.4) is 0 Å². The molecule has 1 amide bonds. The minimum absolute atomic E-state index is 0.149. The zero-order valence-corrected chi connectivity index (χ0v) is 17.2. The molecule has 0 spiro atoms. The van der Waals surface area contributed by atoms with Crippen LogP contribution in [-0.2, 0) is 12.8 Å². The highest BCUT2D eigenvalue weighted by molar-refractivity contribution is 6.06. The van der Waals surface area contributed by atoms with Crippen molar-refractivity contribution in [3.8, 4) is 11.5 Å². The molecule has 0 radical (unpaired) electrons. The Balaban J connectivity index is 1.43. The summed E-state index contributed by atoms with van der Waals surface area (Å²) in [6.45, 7) is 4.43. The van der Waals surface area contributed by atoms with Crippen molar-refractivity contribution in [1.29, 1.82) is 0 Å². The second-order valence-corrected chi connectivity index (χ2v) is 7.52. The molecule has 6 heteroatoms. The quantitative estimate of drug-likeness (QED) is 0.465. The Bertz CT molecular complexity index is 1090. The zero-order valence-electron chi connectivity index (χ0n) is 17.2. The largest absolute Gasteiger partial charge is 0.454 e. The van der Waals surface area contributed by atoms with Crippen molar-refractivity contribution in [2.75, 3.05) is 6.79 Å². The van der Waals surface area contributed by atoms with Gasteiger partial charge >= 0.3 is 0 Å². The van der Waals surface area contributed by atoms with Crippen molar-refractivity contribution in [3.05, 3.63) is 65.4 Å². The van der Waals surface area contributed by atoms with E-state index in [-0.39, 0.29) is 18.6 Å². The van der Waals surface area contributed by atoms with Crippen LogP contribution in [0, 0.1) is 5.92 Å². The third-order valence-electron chi connectivity index (χ3n) is 5.01. The molecule has 2 heterocycles. The fourth-order valence-electron chi connectivity index (χ4n) is 3.58. The van der Waals surface area contributed by atoms with Crippen molar-refractivity contribution in [2.24, 2.45) is 11.0 Å². The molecule has 0 fully saturated rings. The Morgan fingerprint density at radius 2 is 2.03 bits per heavy atom. The van der Waals surface area contributed by atoms with Gasteiger partial charge in [-0.2, -0.15) is 5.10 Å². The highest BCUT2D eigenvalue weighted by Gasteiger charge is 2.15. The fourth-order valence-corrected chi connectivity index (χ4v) is 3.58. The first kappa shape index (κ1) is 19.9. The van der Waals surface area contributed by atoms with Crippen LogP contribution in [0.1, 0.15) is 41.9 Å². The lowest BCUT2D eigenvalue weighted by Crippen LogP contribution is -2.19. The van der Waals surface area contributed by atoms with Crippen molar-refractivity contribution in [3.63, 3.8) is 0 Å². The van der Waals surface area contributed by atoms with Gasteiger partial charge in [0.2, 0.25) is 6.79 Å². The lowest BCUT2D eigenvalue weighted by Gasteiger charge is -2.09. The number of amides is 1. The van der Waals surface area contributed by atoms with Gasteiger partial charge < -0.3 is 9.47 Å². The smallest absolute Gasteiger partial charge is 0.272 e. The van der Waals surface area contributed by atoms with Gasteiger partial charge in [-0.1, -0.05) is 44.5 Å². The number of fused-ring (bicyclic) bond motifs is 2. The summed E-state index contributed by atoms with van der Waals surface area (Å²) < 4.78 is 10.8. The molecule has 0 saturated heterocycles. The Kier molecular flexibility index (Phi) is 5.93. The molecule has 154 valence electrons. The molecule has 0 saturated carbocycles. The van der Waals surface area contributed by atoms with Gasteiger partial charge in [0.1, 0.15) is 0 Å².